The second-order valence-corrected chi connectivity index (χ2v) is 16.1. The van der Waals surface area contributed by atoms with Crippen LogP contribution < -0.4 is 0 Å². The van der Waals surface area contributed by atoms with Crippen molar-refractivity contribution in [1.82, 2.24) is 0 Å². The van der Waals surface area contributed by atoms with Crippen LogP contribution in [0.15, 0.2) is 23.5 Å². The number of rotatable bonds is 7. The lowest BCUT2D eigenvalue weighted by molar-refractivity contribution is -0.0528. The van der Waals surface area contributed by atoms with Gasteiger partial charge in [-0.15, -0.1) is 0 Å². The third-order valence-corrected chi connectivity index (χ3v) is 11.3. The molecule has 0 aromatic rings. The van der Waals surface area contributed by atoms with Gasteiger partial charge in [0, 0.05) is 11.8 Å². The Morgan fingerprint density at radius 2 is 1.83 bits per heavy atom. The molecule has 0 aliphatic heterocycles. The Labute approximate surface area is 174 Å². The Hall–Kier alpha value is -0.803. The zero-order chi connectivity index (χ0) is 22.9. The van der Waals surface area contributed by atoms with Crippen LogP contribution in [0.25, 0.3) is 0 Å². The van der Waals surface area contributed by atoms with Gasteiger partial charge in [-0.3, -0.25) is 0 Å². The molecule has 0 amide bonds. The first-order chi connectivity index (χ1) is 12.8. The van der Waals surface area contributed by atoms with Crippen molar-refractivity contribution in [3.8, 4) is 0 Å². The highest BCUT2D eigenvalue weighted by molar-refractivity contribution is 7.87. The molecule has 0 heterocycles. The van der Waals surface area contributed by atoms with Crippen LogP contribution in [0.5, 0.6) is 0 Å². The fourth-order valence-electron chi connectivity index (χ4n) is 3.02. The maximum atomic E-state index is 12.7. The van der Waals surface area contributed by atoms with Gasteiger partial charge in [0.15, 0.2) is 8.32 Å². The first-order valence-corrected chi connectivity index (χ1v) is 14.2. The molecule has 0 saturated carbocycles. The molecule has 29 heavy (non-hydrogen) atoms. The fourth-order valence-corrected chi connectivity index (χ4v) is 4.98. The van der Waals surface area contributed by atoms with E-state index in [2.05, 4.69) is 44.1 Å². The molecule has 0 aromatic carbocycles. The zero-order valence-corrected chi connectivity index (χ0v) is 20.6. The van der Waals surface area contributed by atoms with Gasteiger partial charge in [-0.1, -0.05) is 39.3 Å². The molecule has 2 atom stereocenters. The molecule has 0 spiro atoms. The van der Waals surface area contributed by atoms with E-state index < -0.39 is 29.4 Å². The molecule has 9 heteroatoms. The largest absolute Gasteiger partial charge is 0.534 e. The van der Waals surface area contributed by atoms with Gasteiger partial charge in [0.2, 0.25) is 0 Å². The minimum absolute atomic E-state index is 0.0199. The molecule has 1 aliphatic rings. The van der Waals surface area contributed by atoms with Gasteiger partial charge in [0.1, 0.15) is 5.76 Å². The zero-order valence-electron chi connectivity index (χ0n) is 18.7. The van der Waals surface area contributed by atoms with E-state index in [0.29, 0.717) is 19.3 Å². The number of allylic oxidation sites excluding steroid dienone is 3. The van der Waals surface area contributed by atoms with Crippen molar-refractivity contribution in [1.29, 1.82) is 0 Å². The maximum absolute atomic E-state index is 12.7. The SMILES string of the molecule is CC(C)=CCC[C@]1(C)C=C(OS(=O)(=O)C(F)(F)F)CC[C@H]1O[Si](C)(C)C(C)(C)C. The summed E-state index contributed by atoms with van der Waals surface area (Å²) in [6, 6.07) is 0. The fraction of sp³-hybridized carbons (Fsp3) is 0.800. The number of halogens is 3. The van der Waals surface area contributed by atoms with Crippen molar-refractivity contribution < 1.29 is 30.2 Å². The molecule has 1 aliphatic carbocycles. The molecule has 0 unspecified atom stereocenters. The Balaban J connectivity index is 3.23. The molecule has 0 fully saturated rings. The van der Waals surface area contributed by atoms with Crippen LogP contribution in [-0.4, -0.2) is 28.3 Å². The second kappa shape index (κ2) is 8.75. The average molecular weight is 457 g/mol. The van der Waals surface area contributed by atoms with Crippen LogP contribution in [-0.2, 0) is 18.7 Å². The average Bonchev–Trinajstić information content (AvgIpc) is 2.47. The smallest absolute Gasteiger partial charge is 0.413 e. The highest BCUT2D eigenvalue weighted by Crippen LogP contribution is 2.46. The van der Waals surface area contributed by atoms with Crippen LogP contribution in [0, 0.1) is 5.41 Å². The topological polar surface area (TPSA) is 52.6 Å². The van der Waals surface area contributed by atoms with E-state index in [0.717, 1.165) is 5.57 Å². The lowest BCUT2D eigenvalue weighted by Gasteiger charge is -2.46. The second-order valence-electron chi connectivity index (χ2n) is 9.83. The van der Waals surface area contributed by atoms with Crippen LogP contribution in [0.4, 0.5) is 13.2 Å². The molecular formula is C20H35F3O4SSi. The van der Waals surface area contributed by atoms with Crippen LogP contribution in [0.1, 0.15) is 67.2 Å². The molecule has 0 radical (unpaired) electrons. The first kappa shape index (κ1) is 26.2. The van der Waals surface area contributed by atoms with Crippen LogP contribution in [0.3, 0.4) is 0 Å². The highest BCUT2D eigenvalue weighted by Gasteiger charge is 2.50. The van der Waals surface area contributed by atoms with Gasteiger partial charge >= 0.3 is 15.6 Å². The molecular weight excluding hydrogens is 421 g/mol. The normalized spacial score (nSPS) is 24.1. The van der Waals surface area contributed by atoms with Crippen molar-refractivity contribution >= 4 is 18.4 Å². The quantitative estimate of drug-likeness (QED) is 0.186. The number of hydrogen-bond acceptors (Lipinski definition) is 4. The Bertz CT molecular complexity index is 745. The van der Waals surface area contributed by atoms with E-state index in [-0.39, 0.29) is 23.3 Å². The first-order valence-electron chi connectivity index (χ1n) is 9.84. The van der Waals surface area contributed by atoms with Crippen LogP contribution >= 0.6 is 0 Å². The summed E-state index contributed by atoms with van der Waals surface area (Å²) in [5.74, 6) is -0.155. The number of alkyl halides is 3. The maximum Gasteiger partial charge on any atom is 0.534 e. The van der Waals surface area contributed by atoms with Gasteiger partial charge in [-0.25, -0.2) is 0 Å². The van der Waals surface area contributed by atoms with Gasteiger partial charge in [0.05, 0.1) is 6.10 Å². The monoisotopic (exact) mass is 456 g/mol. The van der Waals surface area contributed by atoms with Crippen molar-refractivity contribution in [2.45, 2.75) is 97.0 Å². The highest BCUT2D eigenvalue weighted by atomic mass is 32.2. The summed E-state index contributed by atoms with van der Waals surface area (Å²) in [5, 5.41) is -0.0199. The molecule has 1 rings (SSSR count). The molecule has 0 aromatic heterocycles. The standard InChI is InChI=1S/C20H35F3O4SSi/c1-15(2)10-9-13-19(6)14-16(26-28(24,25)20(21,22)23)11-12-17(19)27-29(7,8)18(3,4)5/h10,14,17H,9,11-13H2,1-8H3/t17-,19-/m1/s1. The van der Waals surface area contributed by atoms with Gasteiger partial charge in [-0.2, -0.15) is 21.6 Å². The summed E-state index contributed by atoms with van der Waals surface area (Å²) in [6.07, 6.45) is 5.22. The summed E-state index contributed by atoms with van der Waals surface area (Å²) < 4.78 is 72.2. The summed E-state index contributed by atoms with van der Waals surface area (Å²) in [4.78, 5) is 0. The third kappa shape index (κ3) is 6.85. The Morgan fingerprint density at radius 3 is 2.28 bits per heavy atom. The number of hydrogen-bond donors (Lipinski definition) is 0. The molecule has 4 nitrogen and oxygen atoms in total. The predicted molar refractivity (Wildman–Crippen MR) is 112 cm³/mol. The van der Waals surface area contributed by atoms with E-state index in [1.54, 1.807) is 0 Å². The van der Waals surface area contributed by atoms with Gasteiger partial charge in [-0.05, 0) is 57.3 Å². The van der Waals surface area contributed by atoms with E-state index in [1.807, 2.05) is 20.8 Å². The molecule has 0 N–H and O–H groups in total. The van der Waals surface area contributed by atoms with E-state index in [9.17, 15) is 21.6 Å². The van der Waals surface area contributed by atoms with Crippen molar-refractivity contribution in [3.63, 3.8) is 0 Å². The summed E-state index contributed by atoms with van der Waals surface area (Å²) >= 11 is 0. The molecule has 0 bridgehead atoms. The summed E-state index contributed by atoms with van der Waals surface area (Å²) in [6.45, 7) is 16.5. The minimum Gasteiger partial charge on any atom is -0.413 e. The van der Waals surface area contributed by atoms with Crippen molar-refractivity contribution in [3.05, 3.63) is 23.5 Å². The predicted octanol–water partition coefficient (Wildman–Crippen LogP) is 6.67. The van der Waals surface area contributed by atoms with Crippen molar-refractivity contribution in [2.24, 2.45) is 5.41 Å². The molecule has 170 valence electrons. The summed E-state index contributed by atoms with van der Waals surface area (Å²) in [7, 11) is -7.79. The Kier molecular flexibility index (Phi) is 7.91. The van der Waals surface area contributed by atoms with Gasteiger partial charge in [0.25, 0.3) is 0 Å². The van der Waals surface area contributed by atoms with Gasteiger partial charge < -0.3 is 8.61 Å². The summed E-state index contributed by atoms with van der Waals surface area (Å²) in [5.41, 5.74) is -4.93. The van der Waals surface area contributed by atoms with E-state index in [4.69, 9.17) is 4.43 Å². The molecule has 0 saturated heterocycles. The minimum atomic E-state index is -5.67. The lowest BCUT2D eigenvalue weighted by atomic mass is 9.74. The Morgan fingerprint density at radius 1 is 1.28 bits per heavy atom. The third-order valence-electron chi connectivity index (χ3n) is 5.86. The van der Waals surface area contributed by atoms with E-state index >= 15 is 0 Å². The lowest BCUT2D eigenvalue weighted by Crippen LogP contribution is -2.49. The van der Waals surface area contributed by atoms with Crippen molar-refractivity contribution in [2.75, 3.05) is 0 Å². The van der Waals surface area contributed by atoms with Crippen LogP contribution in [0.2, 0.25) is 18.1 Å². The van der Waals surface area contributed by atoms with E-state index in [1.165, 1.54) is 6.08 Å².